The average molecular weight is 379 g/mol. The number of nitrogens with zero attached hydrogens (tertiary/aromatic N) is 1. The first-order valence-corrected chi connectivity index (χ1v) is 9.32. The van der Waals surface area contributed by atoms with Crippen LogP contribution in [0.15, 0.2) is 27.6 Å². The van der Waals surface area contributed by atoms with E-state index in [2.05, 4.69) is 22.9 Å². The lowest BCUT2D eigenvalue weighted by Gasteiger charge is -2.22. The van der Waals surface area contributed by atoms with Crippen molar-refractivity contribution in [3.63, 3.8) is 0 Å². The zero-order chi connectivity index (χ0) is 15.9. The molecule has 0 fully saturated rings. The Hall–Kier alpha value is -0.630. The van der Waals surface area contributed by atoms with E-state index in [-0.39, 0.29) is 23.7 Å². The Morgan fingerprint density at radius 2 is 1.95 bits per heavy atom. The number of hydrogen-bond donors (Lipinski definition) is 2. The number of anilines is 1. The largest absolute Gasteiger partial charge is 0.398 e. The highest BCUT2D eigenvalue weighted by Gasteiger charge is 2.25. The van der Waals surface area contributed by atoms with Crippen molar-refractivity contribution in [2.75, 3.05) is 25.4 Å². The van der Waals surface area contributed by atoms with Gasteiger partial charge in [0, 0.05) is 17.6 Å². The lowest BCUT2D eigenvalue weighted by atomic mass is 10.2. The first-order valence-electron chi connectivity index (χ1n) is 7.09. The molecule has 0 heterocycles. The van der Waals surface area contributed by atoms with Crippen molar-refractivity contribution < 1.29 is 13.5 Å². The van der Waals surface area contributed by atoms with Gasteiger partial charge in [0.1, 0.15) is 4.90 Å². The molecule has 0 spiro atoms. The van der Waals surface area contributed by atoms with Crippen molar-refractivity contribution in [3.05, 3.63) is 22.7 Å². The standard InChI is InChI=1S/C14H23BrN2O3S/c1-2-3-4-5-8-17(9-10-18)21(19,20)14-7-6-12(15)11-13(14)16/h6-7,11,18H,2-5,8-10,16H2,1H3. The normalized spacial score (nSPS) is 12.0. The lowest BCUT2D eigenvalue weighted by molar-refractivity contribution is 0.251. The molecule has 0 atom stereocenters. The van der Waals surface area contributed by atoms with Crippen LogP contribution in [-0.4, -0.2) is 37.5 Å². The molecule has 0 aromatic heterocycles. The van der Waals surface area contributed by atoms with Gasteiger partial charge in [-0.25, -0.2) is 8.42 Å². The van der Waals surface area contributed by atoms with Gasteiger partial charge in [0.2, 0.25) is 10.0 Å². The Labute approximate surface area is 135 Å². The summed E-state index contributed by atoms with van der Waals surface area (Å²) in [6.45, 7) is 2.39. The van der Waals surface area contributed by atoms with Crippen LogP contribution in [0, 0.1) is 0 Å². The van der Waals surface area contributed by atoms with E-state index in [9.17, 15) is 8.42 Å². The summed E-state index contributed by atoms with van der Waals surface area (Å²) < 4.78 is 27.3. The van der Waals surface area contributed by atoms with Crippen molar-refractivity contribution in [2.24, 2.45) is 0 Å². The third-order valence-corrected chi connectivity index (χ3v) is 5.67. The summed E-state index contributed by atoms with van der Waals surface area (Å²) >= 11 is 3.26. The van der Waals surface area contributed by atoms with E-state index in [1.807, 2.05) is 0 Å². The quantitative estimate of drug-likeness (QED) is 0.510. The number of hydrogen-bond acceptors (Lipinski definition) is 4. The Morgan fingerprint density at radius 1 is 1.24 bits per heavy atom. The number of unbranched alkanes of at least 4 members (excludes halogenated alkanes) is 3. The van der Waals surface area contributed by atoms with E-state index < -0.39 is 10.0 Å². The maximum Gasteiger partial charge on any atom is 0.245 e. The van der Waals surface area contributed by atoms with Gasteiger partial charge in [-0.05, 0) is 24.6 Å². The maximum atomic E-state index is 12.6. The first kappa shape index (κ1) is 18.4. The Balaban J connectivity index is 2.93. The Bertz CT molecular complexity index is 549. The number of nitrogens with two attached hydrogens (primary N) is 1. The van der Waals surface area contributed by atoms with Crippen LogP contribution in [0.2, 0.25) is 0 Å². The molecule has 1 aromatic carbocycles. The molecule has 0 radical (unpaired) electrons. The van der Waals surface area contributed by atoms with E-state index in [1.54, 1.807) is 12.1 Å². The Morgan fingerprint density at radius 3 is 2.52 bits per heavy atom. The third kappa shape index (κ3) is 5.25. The molecule has 0 aliphatic rings. The van der Waals surface area contributed by atoms with E-state index in [4.69, 9.17) is 10.8 Å². The van der Waals surface area contributed by atoms with E-state index in [1.165, 1.54) is 10.4 Å². The molecule has 3 N–H and O–H groups in total. The van der Waals surface area contributed by atoms with Crippen LogP contribution < -0.4 is 5.73 Å². The van der Waals surface area contributed by atoms with E-state index in [0.717, 1.165) is 30.2 Å². The van der Waals surface area contributed by atoms with Gasteiger partial charge in [-0.1, -0.05) is 42.1 Å². The van der Waals surface area contributed by atoms with Crippen LogP contribution in [0.1, 0.15) is 32.6 Å². The molecule has 0 amide bonds. The minimum Gasteiger partial charge on any atom is -0.398 e. The molecule has 0 unspecified atom stereocenters. The van der Waals surface area contributed by atoms with Crippen molar-refractivity contribution in [3.8, 4) is 0 Å². The predicted octanol–water partition coefficient (Wildman–Crippen LogP) is 2.59. The molecule has 7 heteroatoms. The molecule has 120 valence electrons. The van der Waals surface area contributed by atoms with Crippen LogP contribution >= 0.6 is 15.9 Å². The molecule has 0 bridgehead atoms. The topological polar surface area (TPSA) is 83.6 Å². The van der Waals surface area contributed by atoms with Crippen molar-refractivity contribution in [1.82, 2.24) is 4.31 Å². The molecule has 0 aliphatic heterocycles. The summed E-state index contributed by atoms with van der Waals surface area (Å²) in [4.78, 5) is 0.0923. The first-order chi connectivity index (χ1) is 9.93. The van der Waals surface area contributed by atoms with Gasteiger partial charge in [0.25, 0.3) is 0 Å². The summed E-state index contributed by atoms with van der Waals surface area (Å²) in [6, 6.07) is 4.71. The number of rotatable bonds is 9. The number of benzene rings is 1. The molecular weight excluding hydrogens is 356 g/mol. The monoisotopic (exact) mass is 378 g/mol. The number of aliphatic hydroxyl groups is 1. The maximum absolute atomic E-state index is 12.6. The van der Waals surface area contributed by atoms with Gasteiger partial charge in [-0.2, -0.15) is 4.31 Å². The highest BCUT2D eigenvalue weighted by Crippen LogP contribution is 2.26. The predicted molar refractivity (Wildman–Crippen MR) is 88.5 cm³/mol. The summed E-state index contributed by atoms with van der Waals surface area (Å²) in [5, 5.41) is 9.12. The highest BCUT2D eigenvalue weighted by molar-refractivity contribution is 9.10. The molecule has 1 aromatic rings. The third-order valence-electron chi connectivity index (χ3n) is 3.20. The number of sulfonamides is 1. The molecule has 0 aliphatic carbocycles. The summed E-state index contributed by atoms with van der Waals surface area (Å²) in [5.41, 5.74) is 6.03. The second-order valence-corrected chi connectivity index (χ2v) is 7.69. The van der Waals surface area contributed by atoms with Crippen molar-refractivity contribution in [1.29, 1.82) is 0 Å². The zero-order valence-electron chi connectivity index (χ0n) is 12.3. The SMILES string of the molecule is CCCCCCN(CCO)S(=O)(=O)c1ccc(Br)cc1N. The number of aliphatic hydroxyl groups excluding tert-OH is 1. The second-order valence-electron chi connectivity index (χ2n) is 4.87. The van der Waals surface area contributed by atoms with Gasteiger partial charge in [0.15, 0.2) is 0 Å². The van der Waals surface area contributed by atoms with E-state index >= 15 is 0 Å². The molecule has 0 saturated carbocycles. The molecular formula is C14H23BrN2O3S. The average Bonchev–Trinajstić information content (AvgIpc) is 2.41. The molecule has 0 saturated heterocycles. The van der Waals surface area contributed by atoms with Gasteiger partial charge in [-0.15, -0.1) is 0 Å². The number of halogens is 1. The minimum atomic E-state index is -3.67. The van der Waals surface area contributed by atoms with E-state index in [0.29, 0.717) is 6.54 Å². The van der Waals surface area contributed by atoms with Gasteiger partial charge < -0.3 is 10.8 Å². The molecule has 5 nitrogen and oxygen atoms in total. The van der Waals surface area contributed by atoms with Crippen LogP contribution in [-0.2, 0) is 10.0 Å². The highest BCUT2D eigenvalue weighted by atomic mass is 79.9. The van der Waals surface area contributed by atoms with Crippen molar-refractivity contribution in [2.45, 2.75) is 37.5 Å². The van der Waals surface area contributed by atoms with Crippen LogP contribution in [0.3, 0.4) is 0 Å². The van der Waals surface area contributed by atoms with Gasteiger partial charge >= 0.3 is 0 Å². The van der Waals surface area contributed by atoms with Crippen LogP contribution in [0.4, 0.5) is 5.69 Å². The molecule has 21 heavy (non-hydrogen) atoms. The van der Waals surface area contributed by atoms with Crippen molar-refractivity contribution >= 4 is 31.6 Å². The summed E-state index contributed by atoms with van der Waals surface area (Å²) in [5.74, 6) is 0. The van der Waals surface area contributed by atoms with Crippen LogP contribution in [0.5, 0.6) is 0 Å². The fourth-order valence-corrected chi connectivity index (χ4v) is 4.02. The van der Waals surface area contributed by atoms with Crippen LogP contribution in [0.25, 0.3) is 0 Å². The summed E-state index contributed by atoms with van der Waals surface area (Å²) in [7, 11) is -3.67. The minimum absolute atomic E-state index is 0.0873. The summed E-state index contributed by atoms with van der Waals surface area (Å²) in [6.07, 6.45) is 3.92. The zero-order valence-corrected chi connectivity index (χ0v) is 14.7. The Kier molecular flexibility index (Phi) is 7.65. The second kappa shape index (κ2) is 8.73. The lowest BCUT2D eigenvalue weighted by Crippen LogP contribution is -2.34. The number of nitrogen functional groups attached to an aromatic ring is 1. The molecule has 1 rings (SSSR count). The van der Waals surface area contributed by atoms with Gasteiger partial charge in [0.05, 0.1) is 12.3 Å². The fraction of sp³-hybridized carbons (Fsp3) is 0.571. The van der Waals surface area contributed by atoms with Gasteiger partial charge in [-0.3, -0.25) is 0 Å². The fourth-order valence-electron chi connectivity index (χ4n) is 2.07. The smallest absolute Gasteiger partial charge is 0.245 e.